The quantitative estimate of drug-likeness (QED) is 0.800. The number of pyridine rings is 1. The molecule has 2 aromatic heterocycles. The van der Waals surface area contributed by atoms with Crippen molar-refractivity contribution in [1.82, 2.24) is 15.2 Å². The predicted octanol–water partition coefficient (Wildman–Crippen LogP) is 0.759. The van der Waals surface area contributed by atoms with Crippen molar-refractivity contribution in [2.45, 2.75) is 13.3 Å². The van der Waals surface area contributed by atoms with E-state index in [1.54, 1.807) is 19.1 Å². The molecule has 0 aliphatic heterocycles. The number of carbonyl (C=O) groups excluding carboxylic acids is 1. The van der Waals surface area contributed by atoms with Crippen LogP contribution in [0.5, 0.6) is 0 Å². The van der Waals surface area contributed by atoms with Gasteiger partial charge in [0.1, 0.15) is 5.69 Å². The Morgan fingerprint density at radius 3 is 2.90 bits per heavy atom. The first kappa shape index (κ1) is 13.7. The molecule has 2 aromatic rings. The smallest absolute Gasteiger partial charge is 0.322 e. The molecule has 2 heterocycles. The van der Waals surface area contributed by atoms with E-state index in [0.717, 1.165) is 0 Å². The van der Waals surface area contributed by atoms with Gasteiger partial charge in [-0.1, -0.05) is 16.9 Å². The van der Waals surface area contributed by atoms with Gasteiger partial charge < -0.3 is 9.52 Å². The number of aromatic nitrogens is 3. The van der Waals surface area contributed by atoms with Gasteiger partial charge in [0.2, 0.25) is 5.89 Å². The minimum Gasteiger partial charge on any atom is -0.408 e. The summed E-state index contributed by atoms with van der Waals surface area (Å²) < 4.78 is 5.04. The Labute approximate surface area is 115 Å². The van der Waals surface area contributed by atoms with Gasteiger partial charge in [-0.15, -0.1) is 5.10 Å². The number of nitrogens with zero attached hydrogens (tertiary/aromatic N) is 3. The van der Waals surface area contributed by atoms with E-state index in [-0.39, 0.29) is 18.3 Å². The minimum atomic E-state index is -0.441. The number of hydrogen-bond acceptors (Lipinski definition) is 6. The van der Waals surface area contributed by atoms with Crippen molar-refractivity contribution in [3.63, 3.8) is 0 Å². The van der Waals surface area contributed by atoms with Gasteiger partial charge in [-0.2, -0.15) is 0 Å². The van der Waals surface area contributed by atoms with E-state index in [4.69, 9.17) is 9.52 Å². The maximum absolute atomic E-state index is 11.8. The lowest BCUT2D eigenvalue weighted by molar-refractivity contribution is 0.101. The van der Waals surface area contributed by atoms with E-state index in [9.17, 15) is 4.79 Å². The van der Waals surface area contributed by atoms with Crippen LogP contribution in [-0.4, -0.2) is 32.8 Å². The third-order valence-electron chi connectivity index (χ3n) is 2.21. The third kappa shape index (κ3) is 3.63. The number of aliphatic hydroxyl groups excluding tert-OH is 1. The molecule has 0 saturated carbocycles. The number of aryl methyl sites for hydroxylation is 1. The van der Waals surface area contributed by atoms with Crippen LogP contribution in [0.25, 0.3) is 0 Å². The molecule has 2 N–H and O–H groups in total. The fourth-order valence-corrected chi connectivity index (χ4v) is 1.33. The van der Waals surface area contributed by atoms with Crippen LogP contribution in [0.2, 0.25) is 0 Å². The highest BCUT2D eigenvalue weighted by Crippen LogP contribution is 2.06. The molecule has 20 heavy (non-hydrogen) atoms. The summed E-state index contributed by atoms with van der Waals surface area (Å²) in [6, 6.07) is 3.24. The predicted molar refractivity (Wildman–Crippen MR) is 69.8 cm³/mol. The standard InChI is InChI=1S/C13H12N4O3/c1-9-16-17-13(20-9)15-12(19)11-6-5-10(8-14-11)4-2-3-7-18/h5-6,8,18H,3,7H2,1H3,(H,15,17,19). The van der Waals surface area contributed by atoms with Gasteiger partial charge in [0.05, 0.1) is 6.61 Å². The van der Waals surface area contributed by atoms with Crippen LogP contribution in [0.15, 0.2) is 22.7 Å². The molecule has 7 heteroatoms. The molecule has 0 aliphatic carbocycles. The monoisotopic (exact) mass is 272 g/mol. The number of rotatable bonds is 3. The van der Waals surface area contributed by atoms with Crippen molar-refractivity contribution >= 4 is 11.9 Å². The maximum Gasteiger partial charge on any atom is 0.322 e. The molecule has 0 fully saturated rings. The summed E-state index contributed by atoms with van der Waals surface area (Å²) in [5.74, 6) is 5.51. The summed E-state index contributed by atoms with van der Waals surface area (Å²) in [5.41, 5.74) is 0.886. The Bertz CT molecular complexity index is 652. The Morgan fingerprint density at radius 2 is 2.30 bits per heavy atom. The van der Waals surface area contributed by atoms with Crippen molar-refractivity contribution in [3.8, 4) is 11.8 Å². The van der Waals surface area contributed by atoms with Crippen molar-refractivity contribution in [2.24, 2.45) is 0 Å². The number of aliphatic hydroxyl groups is 1. The second kappa shape index (κ2) is 6.45. The highest BCUT2D eigenvalue weighted by Gasteiger charge is 2.11. The topological polar surface area (TPSA) is 101 Å². The van der Waals surface area contributed by atoms with Crippen LogP contribution < -0.4 is 5.32 Å². The zero-order valence-electron chi connectivity index (χ0n) is 10.8. The van der Waals surface area contributed by atoms with E-state index in [2.05, 4.69) is 32.3 Å². The normalized spacial score (nSPS) is 9.70. The fourth-order valence-electron chi connectivity index (χ4n) is 1.33. The molecule has 0 radical (unpaired) electrons. The van der Waals surface area contributed by atoms with Crippen LogP contribution >= 0.6 is 0 Å². The van der Waals surface area contributed by atoms with E-state index in [0.29, 0.717) is 17.9 Å². The Hall–Kier alpha value is -2.72. The summed E-state index contributed by atoms with van der Waals surface area (Å²) in [6.07, 6.45) is 1.89. The Morgan fingerprint density at radius 1 is 1.45 bits per heavy atom. The minimum absolute atomic E-state index is 0.0184. The first-order valence-electron chi connectivity index (χ1n) is 5.86. The van der Waals surface area contributed by atoms with Gasteiger partial charge >= 0.3 is 6.01 Å². The second-order valence-corrected chi connectivity index (χ2v) is 3.79. The summed E-state index contributed by atoms with van der Waals surface area (Å²) in [6.45, 7) is 1.64. The molecule has 0 bridgehead atoms. The molecule has 7 nitrogen and oxygen atoms in total. The molecule has 102 valence electrons. The molecule has 2 rings (SSSR count). The third-order valence-corrected chi connectivity index (χ3v) is 2.21. The summed E-state index contributed by atoms with van der Waals surface area (Å²) >= 11 is 0. The largest absolute Gasteiger partial charge is 0.408 e. The number of nitrogens with one attached hydrogen (secondary N) is 1. The molecule has 0 aliphatic rings. The van der Waals surface area contributed by atoms with Crippen LogP contribution in [0.3, 0.4) is 0 Å². The maximum atomic E-state index is 11.8. The van der Waals surface area contributed by atoms with E-state index < -0.39 is 5.91 Å². The number of amides is 1. The van der Waals surface area contributed by atoms with Gasteiger partial charge in [0.25, 0.3) is 5.91 Å². The van der Waals surface area contributed by atoms with Gasteiger partial charge in [0.15, 0.2) is 0 Å². The van der Waals surface area contributed by atoms with Gasteiger partial charge in [-0.25, -0.2) is 4.98 Å². The van der Waals surface area contributed by atoms with Gasteiger partial charge in [0, 0.05) is 25.1 Å². The lowest BCUT2D eigenvalue weighted by Crippen LogP contribution is -2.13. The van der Waals surface area contributed by atoms with E-state index in [1.807, 2.05) is 0 Å². The van der Waals surface area contributed by atoms with Crippen LogP contribution in [0.1, 0.15) is 28.4 Å². The second-order valence-electron chi connectivity index (χ2n) is 3.79. The molecule has 0 unspecified atom stereocenters. The SMILES string of the molecule is Cc1nnc(NC(=O)c2ccc(C#CCCO)cn2)o1. The number of carbonyl (C=O) groups is 1. The average molecular weight is 272 g/mol. The summed E-state index contributed by atoms with van der Waals surface area (Å²) in [7, 11) is 0. The van der Waals surface area contributed by atoms with Crippen molar-refractivity contribution in [3.05, 3.63) is 35.5 Å². The first-order valence-corrected chi connectivity index (χ1v) is 5.86. The van der Waals surface area contributed by atoms with Crippen LogP contribution in [0.4, 0.5) is 6.01 Å². The van der Waals surface area contributed by atoms with Gasteiger partial charge in [-0.05, 0) is 12.1 Å². The molecular weight excluding hydrogens is 260 g/mol. The lowest BCUT2D eigenvalue weighted by Gasteiger charge is -1.99. The molecule has 0 spiro atoms. The van der Waals surface area contributed by atoms with Crippen LogP contribution in [-0.2, 0) is 0 Å². The Balaban J connectivity index is 2.02. The highest BCUT2D eigenvalue weighted by molar-refractivity contribution is 6.01. The Kier molecular flexibility index (Phi) is 4.42. The first-order chi connectivity index (χ1) is 9.69. The average Bonchev–Trinajstić information content (AvgIpc) is 2.85. The zero-order chi connectivity index (χ0) is 14.4. The number of hydrogen-bond donors (Lipinski definition) is 2. The summed E-state index contributed by atoms with van der Waals surface area (Å²) in [5, 5.41) is 18.3. The van der Waals surface area contributed by atoms with Crippen molar-refractivity contribution in [2.75, 3.05) is 11.9 Å². The summed E-state index contributed by atoms with van der Waals surface area (Å²) in [4.78, 5) is 15.8. The van der Waals surface area contributed by atoms with E-state index >= 15 is 0 Å². The lowest BCUT2D eigenvalue weighted by atomic mass is 10.2. The molecule has 0 aromatic carbocycles. The molecule has 1 amide bonds. The van der Waals surface area contributed by atoms with Gasteiger partial charge in [-0.3, -0.25) is 10.1 Å². The molecule has 0 atom stereocenters. The fraction of sp³-hybridized carbons (Fsp3) is 0.231. The zero-order valence-corrected chi connectivity index (χ0v) is 10.8. The molecule has 0 saturated heterocycles. The van der Waals surface area contributed by atoms with Crippen LogP contribution in [0, 0.1) is 18.8 Å². The van der Waals surface area contributed by atoms with Crippen molar-refractivity contribution < 1.29 is 14.3 Å². The highest BCUT2D eigenvalue weighted by atomic mass is 16.4. The number of anilines is 1. The van der Waals surface area contributed by atoms with Crippen molar-refractivity contribution in [1.29, 1.82) is 0 Å². The molecular formula is C13H12N4O3. The van der Waals surface area contributed by atoms with E-state index in [1.165, 1.54) is 6.20 Å².